The molecule has 0 spiro atoms. The molecule has 1 aliphatic carbocycles. The van der Waals surface area contributed by atoms with Crippen LogP contribution in [-0.4, -0.2) is 20.9 Å². The number of hydrogen-bond donors (Lipinski definition) is 1. The summed E-state index contributed by atoms with van der Waals surface area (Å²) >= 11 is 6.08. The van der Waals surface area contributed by atoms with Gasteiger partial charge in [-0.25, -0.2) is 4.79 Å². The first-order chi connectivity index (χ1) is 7.50. The molecule has 4 nitrogen and oxygen atoms in total. The normalized spacial score (nSPS) is 15.6. The van der Waals surface area contributed by atoms with E-state index in [1.807, 2.05) is 14.0 Å². The Morgan fingerprint density at radius 2 is 2.31 bits per heavy atom. The van der Waals surface area contributed by atoms with Gasteiger partial charge in [-0.05, 0) is 18.6 Å². The van der Waals surface area contributed by atoms with E-state index in [0.29, 0.717) is 10.6 Å². The average Bonchev–Trinajstić information content (AvgIpc) is 2.71. The lowest BCUT2D eigenvalue weighted by atomic mass is 10.1. The second kappa shape index (κ2) is 3.79. The highest BCUT2D eigenvalue weighted by molar-refractivity contribution is 6.34. The van der Waals surface area contributed by atoms with Crippen LogP contribution in [0.25, 0.3) is 5.57 Å². The fraction of sp³-hybridized carbons (Fsp3) is 0.273. The van der Waals surface area contributed by atoms with Gasteiger partial charge in [0, 0.05) is 29.6 Å². The van der Waals surface area contributed by atoms with E-state index in [4.69, 9.17) is 16.7 Å². The van der Waals surface area contributed by atoms with Gasteiger partial charge in [-0.15, -0.1) is 0 Å². The van der Waals surface area contributed by atoms with Crippen LogP contribution in [0.1, 0.15) is 17.7 Å². The van der Waals surface area contributed by atoms with Crippen LogP contribution in [0.5, 0.6) is 0 Å². The second-order valence-corrected chi connectivity index (χ2v) is 4.23. The van der Waals surface area contributed by atoms with Crippen molar-refractivity contribution in [2.24, 2.45) is 7.05 Å². The zero-order valence-electron chi connectivity index (χ0n) is 8.99. The number of allylic oxidation sites excluding steroid dienone is 3. The third kappa shape index (κ3) is 1.65. The van der Waals surface area contributed by atoms with Crippen LogP contribution in [-0.2, 0) is 11.8 Å². The molecule has 1 N–H and O–H groups in total. The number of carbonyl (C=O) groups is 1. The molecule has 0 unspecified atom stereocenters. The topological polar surface area (TPSA) is 55.1 Å². The first-order valence-electron chi connectivity index (χ1n) is 4.82. The predicted octanol–water partition coefficient (Wildman–Crippen LogP) is 2.09. The smallest absolute Gasteiger partial charge is 0.331 e. The molecule has 0 fully saturated rings. The molecule has 2 rings (SSSR count). The summed E-state index contributed by atoms with van der Waals surface area (Å²) in [5, 5.41) is 13.6. The molecule has 0 saturated heterocycles. The SMILES string of the molecule is Cc1cnn(C)c1C1=C(Cl)CC(C(=O)O)=C1. The Hall–Kier alpha value is -1.55. The van der Waals surface area contributed by atoms with Crippen molar-refractivity contribution in [2.45, 2.75) is 13.3 Å². The van der Waals surface area contributed by atoms with Crippen LogP contribution in [0.2, 0.25) is 0 Å². The third-order valence-corrected chi connectivity index (χ3v) is 2.95. The Bertz CT molecular complexity index is 507. The standard InChI is InChI=1S/C11H11ClN2O2/c1-6-5-13-14(2)10(6)8-3-7(11(15)16)4-9(8)12/h3,5H,4H2,1-2H3,(H,15,16). The number of aliphatic carboxylic acids is 1. The molecule has 0 bridgehead atoms. The fourth-order valence-corrected chi connectivity index (χ4v) is 2.12. The van der Waals surface area contributed by atoms with Crippen molar-refractivity contribution >= 4 is 23.1 Å². The summed E-state index contributed by atoms with van der Waals surface area (Å²) in [5.41, 5.74) is 2.94. The highest BCUT2D eigenvalue weighted by atomic mass is 35.5. The largest absolute Gasteiger partial charge is 0.478 e. The lowest BCUT2D eigenvalue weighted by molar-refractivity contribution is -0.132. The fourth-order valence-electron chi connectivity index (χ4n) is 1.83. The first kappa shape index (κ1) is 11.0. The number of rotatable bonds is 2. The molecule has 84 valence electrons. The van der Waals surface area contributed by atoms with Crippen LogP contribution < -0.4 is 0 Å². The van der Waals surface area contributed by atoms with Gasteiger partial charge < -0.3 is 5.11 Å². The number of nitrogens with zero attached hydrogens (tertiary/aromatic N) is 2. The monoisotopic (exact) mass is 238 g/mol. The molecule has 0 aromatic carbocycles. The Balaban J connectivity index is 2.49. The summed E-state index contributed by atoms with van der Waals surface area (Å²) in [7, 11) is 1.81. The van der Waals surface area contributed by atoms with Crippen molar-refractivity contribution in [3.8, 4) is 0 Å². The maximum absolute atomic E-state index is 10.9. The minimum atomic E-state index is -0.923. The van der Waals surface area contributed by atoms with Crippen LogP contribution in [0.15, 0.2) is 22.9 Å². The molecular weight excluding hydrogens is 228 g/mol. The van der Waals surface area contributed by atoms with E-state index in [2.05, 4.69) is 5.10 Å². The van der Waals surface area contributed by atoms with Crippen molar-refractivity contribution in [3.63, 3.8) is 0 Å². The molecule has 0 saturated carbocycles. The highest BCUT2D eigenvalue weighted by Gasteiger charge is 2.23. The minimum absolute atomic E-state index is 0.289. The zero-order chi connectivity index (χ0) is 11.9. The number of halogens is 1. The van der Waals surface area contributed by atoms with Crippen LogP contribution in [0, 0.1) is 6.92 Å². The van der Waals surface area contributed by atoms with E-state index < -0.39 is 5.97 Å². The lowest BCUT2D eigenvalue weighted by Gasteiger charge is -2.03. The molecule has 0 atom stereocenters. The molecular formula is C11H11ClN2O2. The van der Waals surface area contributed by atoms with E-state index >= 15 is 0 Å². The minimum Gasteiger partial charge on any atom is -0.478 e. The van der Waals surface area contributed by atoms with Crippen molar-refractivity contribution < 1.29 is 9.90 Å². The van der Waals surface area contributed by atoms with Gasteiger partial charge >= 0.3 is 5.97 Å². The van der Waals surface area contributed by atoms with Gasteiger partial charge in [0.05, 0.1) is 11.9 Å². The number of hydrogen-bond acceptors (Lipinski definition) is 2. The van der Waals surface area contributed by atoms with E-state index in [9.17, 15) is 4.79 Å². The third-order valence-electron chi connectivity index (χ3n) is 2.61. The van der Waals surface area contributed by atoms with E-state index in [0.717, 1.165) is 16.8 Å². The maximum Gasteiger partial charge on any atom is 0.331 e. The summed E-state index contributed by atoms with van der Waals surface area (Å²) in [6.45, 7) is 1.92. The van der Waals surface area contributed by atoms with Crippen LogP contribution in [0.4, 0.5) is 0 Å². The Morgan fingerprint density at radius 1 is 1.62 bits per heavy atom. The zero-order valence-corrected chi connectivity index (χ0v) is 9.75. The van der Waals surface area contributed by atoms with Crippen molar-refractivity contribution in [2.75, 3.05) is 0 Å². The van der Waals surface area contributed by atoms with Crippen molar-refractivity contribution in [3.05, 3.63) is 34.1 Å². The summed E-state index contributed by atoms with van der Waals surface area (Å²) in [5.74, 6) is -0.923. The van der Waals surface area contributed by atoms with Gasteiger partial charge in [0.2, 0.25) is 0 Å². The molecule has 1 heterocycles. The van der Waals surface area contributed by atoms with Crippen molar-refractivity contribution in [1.29, 1.82) is 0 Å². The molecule has 0 radical (unpaired) electrons. The van der Waals surface area contributed by atoms with Gasteiger partial charge in [0.1, 0.15) is 0 Å². The Kier molecular flexibility index (Phi) is 2.59. The molecule has 5 heteroatoms. The average molecular weight is 239 g/mol. The van der Waals surface area contributed by atoms with E-state index in [1.54, 1.807) is 17.0 Å². The summed E-state index contributed by atoms with van der Waals surface area (Å²) in [6, 6.07) is 0. The highest BCUT2D eigenvalue weighted by Crippen LogP contribution is 2.35. The predicted molar refractivity (Wildman–Crippen MR) is 61.1 cm³/mol. The van der Waals surface area contributed by atoms with Crippen molar-refractivity contribution in [1.82, 2.24) is 9.78 Å². The lowest BCUT2D eigenvalue weighted by Crippen LogP contribution is -1.98. The summed E-state index contributed by atoms with van der Waals surface area (Å²) in [6.07, 6.45) is 3.64. The van der Waals surface area contributed by atoms with E-state index in [1.165, 1.54) is 0 Å². The molecule has 0 aliphatic heterocycles. The van der Waals surface area contributed by atoms with Gasteiger partial charge in [0.15, 0.2) is 0 Å². The molecule has 1 aromatic rings. The molecule has 0 amide bonds. The second-order valence-electron chi connectivity index (χ2n) is 3.77. The Morgan fingerprint density at radius 3 is 2.75 bits per heavy atom. The molecule has 1 aliphatic rings. The van der Waals surface area contributed by atoms with Crippen LogP contribution in [0.3, 0.4) is 0 Å². The Labute approximate surface area is 97.8 Å². The van der Waals surface area contributed by atoms with E-state index in [-0.39, 0.29) is 6.42 Å². The molecule has 1 aromatic heterocycles. The number of aromatic nitrogens is 2. The maximum atomic E-state index is 10.9. The first-order valence-corrected chi connectivity index (χ1v) is 5.20. The number of carboxylic acid groups (broad SMARTS) is 1. The quantitative estimate of drug-likeness (QED) is 0.859. The van der Waals surface area contributed by atoms with Gasteiger partial charge in [-0.3, -0.25) is 4.68 Å². The number of aryl methyl sites for hydroxylation is 2. The number of carboxylic acids is 1. The van der Waals surface area contributed by atoms with Gasteiger partial charge in [-0.2, -0.15) is 5.10 Å². The molecule has 16 heavy (non-hydrogen) atoms. The summed E-state index contributed by atoms with van der Waals surface area (Å²) < 4.78 is 1.70. The van der Waals surface area contributed by atoms with Gasteiger partial charge in [-0.1, -0.05) is 11.6 Å². The van der Waals surface area contributed by atoms with Crippen LogP contribution >= 0.6 is 11.6 Å². The summed E-state index contributed by atoms with van der Waals surface area (Å²) in [4.78, 5) is 10.9. The van der Waals surface area contributed by atoms with Gasteiger partial charge in [0.25, 0.3) is 0 Å².